The summed E-state index contributed by atoms with van der Waals surface area (Å²) in [5.74, 6) is 0.360. The minimum atomic E-state index is -0.577. The van der Waals surface area contributed by atoms with Crippen molar-refractivity contribution in [1.29, 1.82) is 0 Å². The van der Waals surface area contributed by atoms with Crippen molar-refractivity contribution in [3.63, 3.8) is 0 Å². The zero-order valence-corrected chi connectivity index (χ0v) is 14.8. The van der Waals surface area contributed by atoms with Gasteiger partial charge in [-0.05, 0) is 50.6 Å². The molecule has 1 aromatic carbocycles. The third-order valence-corrected chi connectivity index (χ3v) is 5.68. The van der Waals surface area contributed by atoms with Crippen LogP contribution in [0.4, 0.5) is 4.39 Å². The van der Waals surface area contributed by atoms with Crippen LogP contribution >= 0.6 is 0 Å². The van der Waals surface area contributed by atoms with Crippen LogP contribution < -0.4 is 0 Å². The van der Waals surface area contributed by atoms with Crippen molar-refractivity contribution in [2.75, 3.05) is 40.4 Å². The van der Waals surface area contributed by atoms with E-state index in [1.165, 1.54) is 12.1 Å². The zero-order valence-electron chi connectivity index (χ0n) is 14.8. The zero-order chi connectivity index (χ0) is 17.3. The van der Waals surface area contributed by atoms with Crippen molar-refractivity contribution in [2.24, 2.45) is 5.92 Å². The Morgan fingerprint density at radius 3 is 2.38 bits per heavy atom. The standard InChI is InChI=1S/C19H27FN2O2/c1-14-12-22(13-17(14)21(2)3)18(23)19(8-10-24-11-9-19)15-4-6-16(20)7-5-15/h4-7,14,17H,8-13H2,1-3H3. The number of hydrogen-bond acceptors (Lipinski definition) is 3. The van der Waals surface area contributed by atoms with Gasteiger partial charge in [-0.2, -0.15) is 0 Å². The largest absolute Gasteiger partial charge is 0.381 e. The first-order chi connectivity index (χ1) is 11.4. The maximum Gasteiger partial charge on any atom is 0.233 e. The Morgan fingerprint density at radius 2 is 1.83 bits per heavy atom. The molecule has 0 aromatic heterocycles. The number of likely N-dealkylation sites (tertiary alicyclic amines) is 1. The molecule has 0 bridgehead atoms. The fraction of sp³-hybridized carbons (Fsp3) is 0.632. The van der Waals surface area contributed by atoms with Crippen molar-refractivity contribution in [2.45, 2.75) is 31.2 Å². The Labute approximate surface area is 143 Å². The lowest BCUT2D eigenvalue weighted by Crippen LogP contribution is -2.49. The van der Waals surface area contributed by atoms with Crippen LogP contribution in [0.15, 0.2) is 24.3 Å². The van der Waals surface area contributed by atoms with Gasteiger partial charge in [-0.25, -0.2) is 4.39 Å². The highest BCUT2D eigenvalue weighted by Crippen LogP contribution is 2.38. The van der Waals surface area contributed by atoms with E-state index < -0.39 is 5.41 Å². The van der Waals surface area contributed by atoms with E-state index in [-0.39, 0.29) is 11.7 Å². The van der Waals surface area contributed by atoms with E-state index in [0.29, 0.717) is 38.0 Å². The molecule has 1 amide bonds. The highest BCUT2D eigenvalue weighted by atomic mass is 19.1. The molecule has 0 N–H and O–H groups in total. The predicted molar refractivity (Wildman–Crippen MR) is 91.4 cm³/mol. The summed E-state index contributed by atoms with van der Waals surface area (Å²) in [5, 5.41) is 0. The second-order valence-electron chi connectivity index (χ2n) is 7.42. The number of nitrogens with zero attached hydrogens (tertiary/aromatic N) is 2. The van der Waals surface area contributed by atoms with Crippen LogP contribution in [-0.2, 0) is 14.9 Å². The van der Waals surface area contributed by atoms with Crippen LogP contribution in [0, 0.1) is 11.7 Å². The van der Waals surface area contributed by atoms with Crippen molar-refractivity contribution in [3.05, 3.63) is 35.6 Å². The van der Waals surface area contributed by atoms with Gasteiger partial charge in [0.05, 0.1) is 5.41 Å². The molecule has 2 atom stereocenters. The van der Waals surface area contributed by atoms with Crippen LogP contribution in [0.25, 0.3) is 0 Å². The number of benzene rings is 1. The molecule has 24 heavy (non-hydrogen) atoms. The molecule has 4 nitrogen and oxygen atoms in total. The van der Waals surface area contributed by atoms with Crippen LogP contribution in [0.1, 0.15) is 25.3 Å². The molecule has 2 aliphatic heterocycles. The Balaban J connectivity index is 1.89. The first-order valence-corrected chi connectivity index (χ1v) is 8.73. The first-order valence-electron chi connectivity index (χ1n) is 8.73. The molecule has 2 saturated heterocycles. The normalized spacial score (nSPS) is 26.8. The van der Waals surface area contributed by atoms with Gasteiger partial charge in [0.2, 0.25) is 5.91 Å². The summed E-state index contributed by atoms with van der Waals surface area (Å²) in [6.07, 6.45) is 1.32. The molecule has 0 radical (unpaired) electrons. The van der Waals surface area contributed by atoms with Crippen molar-refractivity contribution in [3.8, 4) is 0 Å². The molecular formula is C19H27FN2O2. The lowest BCUT2D eigenvalue weighted by Gasteiger charge is -2.39. The second kappa shape index (κ2) is 6.81. The Bertz CT molecular complexity index is 582. The number of rotatable bonds is 3. The lowest BCUT2D eigenvalue weighted by molar-refractivity contribution is -0.140. The molecule has 0 saturated carbocycles. The SMILES string of the molecule is CC1CN(C(=O)C2(c3ccc(F)cc3)CCOCC2)CC1N(C)C. The van der Waals surface area contributed by atoms with Gasteiger partial charge in [0.25, 0.3) is 0 Å². The van der Waals surface area contributed by atoms with Crippen molar-refractivity contribution >= 4 is 5.91 Å². The summed E-state index contributed by atoms with van der Waals surface area (Å²) in [5.41, 5.74) is 0.338. The molecule has 5 heteroatoms. The van der Waals surface area contributed by atoms with Gasteiger partial charge in [-0.15, -0.1) is 0 Å². The first kappa shape index (κ1) is 17.4. The maximum absolute atomic E-state index is 13.5. The smallest absolute Gasteiger partial charge is 0.233 e. The van der Waals surface area contributed by atoms with Gasteiger partial charge in [-0.1, -0.05) is 19.1 Å². The summed E-state index contributed by atoms with van der Waals surface area (Å²) in [6.45, 7) is 4.89. The van der Waals surface area contributed by atoms with Crippen LogP contribution in [-0.4, -0.2) is 62.1 Å². The quantitative estimate of drug-likeness (QED) is 0.850. The van der Waals surface area contributed by atoms with Gasteiger partial charge < -0.3 is 14.5 Å². The summed E-state index contributed by atoms with van der Waals surface area (Å²) in [6, 6.07) is 6.83. The third kappa shape index (κ3) is 3.07. The lowest BCUT2D eigenvalue weighted by atomic mass is 9.73. The van der Waals surface area contributed by atoms with E-state index in [1.807, 2.05) is 4.90 Å². The maximum atomic E-state index is 13.5. The number of ether oxygens (including phenoxy) is 1. The van der Waals surface area contributed by atoms with Gasteiger partial charge in [0.15, 0.2) is 0 Å². The van der Waals surface area contributed by atoms with E-state index in [2.05, 4.69) is 25.9 Å². The number of halogens is 1. The van der Waals surface area contributed by atoms with Crippen LogP contribution in [0.2, 0.25) is 0 Å². The third-order valence-electron chi connectivity index (χ3n) is 5.68. The average Bonchev–Trinajstić information content (AvgIpc) is 2.97. The molecule has 0 spiro atoms. The highest BCUT2D eigenvalue weighted by Gasteiger charge is 2.46. The minimum Gasteiger partial charge on any atom is -0.381 e. The topological polar surface area (TPSA) is 32.8 Å². The van der Waals surface area contributed by atoms with E-state index in [9.17, 15) is 9.18 Å². The number of carbonyl (C=O) groups is 1. The van der Waals surface area contributed by atoms with E-state index in [4.69, 9.17) is 4.74 Å². The summed E-state index contributed by atoms with van der Waals surface area (Å²) in [4.78, 5) is 17.7. The van der Waals surface area contributed by atoms with Gasteiger partial charge >= 0.3 is 0 Å². The molecule has 2 fully saturated rings. The fourth-order valence-corrected chi connectivity index (χ4v) is 4.21. The van der Waals surface area contributed by atoms with Gasteiger partial charge in [-0.3, -0.25) is 4.79 Å². The van der Waals surface area contributed by atoms with Gasteiger partial charge in [0.1, 0.15) is 5.82 Å². The average molecular weight is 334 g/mol. The summed E-state index contributed by atoms with van der Waals surface area (Å²) >= 11 is 0. The minimum absolute atomic E-state index is 0.175. The molecule has 0 aliphatic carbocycles. The molecule has 2 unspecified atom stereocenters. The molecular weight excluding hydrogens is 307 g/mol. The summed E-state index contributed by atoms with van der Waals surface area (Å²) < 4.78 is 18.9. The van der Waals surface area contributed by atoms with E-state index in [1.54, 1.807) is 12.1 Å². The Hall–Kier alpha value is -1.46. The fourth-order valence-electron chi connectivity index (χ4n) is 4.21. The van der Waals surface area contributed by atoms with E-state index in [0.717, 1.165) is 18.7 Å². The predicted octanol–water partition coefficient (Wildman–Crippen LogP) is 2.28. The highest BCUT2D eigenvalue weighted by molar-refractivity contribution is 5.88. The number of amides is 1. The molecule has 1 aromatic rings. The Morgan fingerprint density at radius 1 is 1.21 bits per heavy atom. The monoisotopic (exact) mass is 334 g/mol. The molecule has 132 valence electrons. The molecule has 3 rings (SSSR count). The van der Waals surface area contributed by atoms with Crippen LogP contribution in [0.3, 0.4) is 0 Å². The van der Waals surface area contributed by atoms with Crippen molar-refractivity contribution < 1.29 is 13.9 Å². The molecule has 2 aliphatic rings. The number of hydrogen-bond donors (Lipinski definition) is 0. The Kier molecular flexibility index (Phi) is 4.92. The summed E-state index contributed by atoms with van der Waals surface area (Å²) in [7, 11) is 4.14. The number of carbonyl (C=O) groups excluding carboxylic acids is 1. The van der Waals surface area contributed by atoms with E-state index >= 15 is 0 Å². The second-order valence-corrected chi connectivity index (χ2v) is 7.42. The number of likely N-dealkylation sites (N-methyl/N-ethyl adjacent to an activating group) is 1. The van der Waals surface area contributed by atoms with Crippen molar-refractivity contribution in [1.82, 2.24) is 9.80 Å². The molecule has 2 heterocycles. The van der Waals surface area contributed by atoms with Crippen LogP contribution in [0.5, 0.6) is 0 Å². The van der Waals surface area contributed by atoms with Gasteiger partial charge in [0, 0.05) is 32.3 Å².